The molecule has 0 spiro atoms. The van der Waals surface area contributed by atoms with Gasteiger partial charge in [-0.25, -0.2) is 23.9 Å². The Bertz CT molecular complexity index is 2930. The van der Waals surface area contributed by atoms with Crippen LogP contribution in [0.25, 0.3) is 11.8 Å². The summed E-state index contributed by atoms with van der Waals surface area (Å²) in [6.45, 7) is 10.4. The molecule has 8 rings (SSSR count). The first-order chi connectivity index (χ1) is 35.0. The van der Waals surface area contributed by atoms with Crippen molar-refractivity contribution in [2.24, 2.45) is 5.41 Å². The number of halogens is 2. The van der Waals surface area contributed by atoms with E-state index in [1.807, 2.05) is 111 Å². The number of amides is 2. The molecule has 2 aromatic heterocycles. The Labute approximate surface area is 436 Å². The van der Waals surface area contributed by atoms with E-state index in [-0.39, 0.29) is 24.3 Å². The maximum Gasteiger partial charge on any atom is 0.438 e. The Kier molecular flexibility index (Phi) is 19.1. The lowest BCUT2D eigenvalue weighted by Crippen LogP contribution is -2.45. The zero-order valence-electron chi connectivity index (χ0n) is 42.2. The van der Waals surface area contributed by atoms with Gasteiger partial charge in [0.1, 0.15) is 30.9 Å². The van der Waals surface area contributed by atoms with Crippen molar-refractivity contribution in [2.75, 3.05) is 31.3 Å². The summed E-state index contributed by atoms with van der Waals surface area (Å²) in [6.07, 6.45) is 8.42. The van der Waals surface area contributed by atoms with Crippen molar-refractivity contribution < 1.29 is 38.5 Å². The van der Waals surface area contributed by atoms with Gasteiger partial charge in [-0.2, -0.15) is 10.2 Å². The molecule has 2 heterocycles. The molecule has 1 unspecified atom stereocenters. The van der Waals surface area contributed by atoms with Crippen LogP contribution in [0.2, 0.25) is 10.0 Å². The molecule has 0 saturated heterocycles. The first kappa shape index (κ1) is 55.0. The number of hydroxylamine groups is 1. The number of aliphatic hydroxyl groups is 1. The molecule has 73 heavy (non-hydrogen) atoms. The highest BCUT2D eigenvalue weighted by Crippen LogP contribution is 2.50. The quantitative estimate of drug-likeness (QED) is 0.0814. The fourth-order valence-electron chi connectivity index (χ4n) is 8.42. The largest absolute Gasteiger partial charge is 0.472 e. The average molecular weight is 1030 g/mol. The number of methoxy groups -OCH3 is 2. The fourth-order valence-corrected chi connectivity index (χ4v) is 8.67. The number of hydrogen-bond donors (Lipinski definition) is 1. The Morgan fingerprint density at radius 2 is 1.47 bits per heavy atom. The normalized spacial score (nSPS) is 15.5. The van der Waals surface area contributed by atoms with E-state index in [0.717, 1.165) is 62.7 Å². The number of carbonyl (C=O) groups is 3. The van der Waals surface area contributed by atoms with Gasteiger partial charge in [-0.15, -0.1) is 5.10 Å². The number of anilines is 2. The van der Waals surface area contributed by atoms with E-state index >= 15 is 0 Å². The number of rotatable bonds is 14. The summed E-state index contributed by atoms with van der Waals surface area (Å²) in [7, 11) is 4.02. The van der Waals surface area contributed by atoms with Gasteiger partial charge in [0.2, 0.25) is 11.8 Å². The molecule has 1 N–H and O–H groups in total. The molecule has 1 aliphatic rings. The summed E-state index contributed by atoms with van der Waals surface area (Å²) >= 11 is 11.8. The molecule has 17 heteroatoms. The third kappa shape index (κ3) is 14.0. The van der Waals surface area contributed by atoms with Gasteiger partial charge in [0.05, 0.1) is 51.4 Å². The summed E-state index contributed by atoms with van der Waals surface area (Å²) < 4.78 is 18.8. The van der Waals surface area contributed by atoms with Crippen LogP contribution in [0.5, 0.6) is 5.88 Å². The van der Waals surface area contributed by atoms with E-state index in [1.165, 1.54) is 27.7 Å². The highest BCUT2D eigenvalue weighted by atomic mass is 35.5. The van der Waals surface area contributed by atoms with Crippen LogP contribution in [0.15, 0.2) is 152 Å². The molecule has 5 aromatic carbocycles. The molecule has 2 atom stereocenters. The number of esters is 1. The van der Waals surface area contributed by atoms with E-state index < -0.39 is 23.7 Å². The number of para-hydroxylation sites is 2. The molecule has 1 saturated carbocycles. The number of benzene rings is 5. The fraction of sp³-hybridized carbons (Fsp3) is 0.286. The molecule has 1 fully saturated rings. The molecule has 382 valence electrons. The van der Waals surface area contributed by atoms with Crippen LogP contribution in [-0.2, 0) is 43.5 Å². The topological polar surface area (TPSA) is 163 Å². The van der Waals surface area contributed by atoms with E-state index in [9.17, 15) is 19.5 Å². The summed E-state index contributed by atoms with van der Waals surface area (Å²) in [4.78, 5) is 47.6. The summed E-state index contributed by atoms with van der Waals surface area (Å²) in [5.41, 5.74) is 6.67. The van der Waals surface area contributed by atoms with Crippen LogP contribution in [0.1, 0.15) is 61.4 Å². The minimum absolute atomic E-state index is 0.128. The molecule has 1 aliphatic carbocycles. The van der Waals surface area contributed by atoms with Crippen molar-refractivity contribution >= 4 is 58.6 Å². The van der Waals surface area contributed by atoms with Gasteiger partial charge in [0.15, 0.2) is 0 Å². The first-order valence-electron chi connectivity index (χ1n) is 23.4. The van der Waals surface area contributed by atoms with Gasteiger partial charge in [0, 0.05) is 27.9 Å². The van der Waals surface area contributed by atoms with Crippen LogP contribution >= 0.6 is 23.2 Å². The number of carbonyl (C=O) groups excluding carboxylic acids is 3. The monoisotopic (exact) mass is 1030 g/mol. The molecule has 0 bridgehead atoms. The molecule has 0 radical (unpaired) electrons. The predicted octanol–water partition coefficient (Wildman–Crippen LogP) is 11.2. The van der Waals surface area contributed by atoms with E-state index in [0.29, 0.717) is 28.2 Å². The maximum atomic E-state index is 13.0. The molecular weight excluding hydrogens is 970 g/mol. The predicted molar refractivity (Wildman–Crippen MR) is 284 cm³/mol. The molecule has 2 amide bonds. The lowest BCUT2D eigenvalue weighted by molar-refractivity contribution is -0.143. The zero-order chi connectivity index (χ0) is 52.7. The van der Waals surface area contributed by atoms with Crippen LogP contribution in [0.4, 0.5) is 16.2 Å². The van der Waals surface area contributed by atoms with Crippen LogP contribution in [-0.4, -0.2) is 80.6 Å². The summed E-state index contributed by atoms with van der Waals surface area (Å²) in [5, 5.41) is 22.3. The number of aryl methyl sites for hydroxylation is 2. The number of hydrogen-bond acceptors (Lipinski definition) is 11. The van der Waals surface area contributed by atoms with Gasteiger partial charge in [-0.1, -0.05) is 122 Å². The van der Waals surface area contributed by atoms with E-state index in [1.54, 1.807) is 64.0 Å². The van der Waals surface area contributed by atoms with Crippen molar-refractivity contribution in [3.8, 4) is 11.6 Å². The molecular formula is C56H61Cl2N7O8. The second-order valence-corrected chi connectivity index (χ2v) is 18.7. The lowest BCUT2D eigenvalue weighted by atomic mass is 9.76. The van der Waals surface area contributed by atoms with Gasteiger partial charge in [0.25, 0.3) is 0 Å². The Morgan fingerprint density at radius 1 is 0.822 bits per heavy atom. The van der Waals surface area contributed by atoms with Gasteiger partial charge >= 0.3 is 12.1 Å². The highest BCUT2D eigenvalue weighted by molar-refractivity contribution is 6.30. The molecule has 15 nitrogen and oxygen atoms in total. The van der Waals surface area contributed by atoms with Crippen molar-refractivity contribution in [1.29, 1.82) is 0 Å². The third-order valence-corrected chi connectivity index (χ3v) is 13.1. The Balaban J connectivity index is 0.000000180. The highest BCUT2D eigenvalue weighted by Gasteiger charge is 2.51. The lowest BCUT2D eigenvalue weighted by Gasteiger charge is -2.37. The third-order valence-electron chi connectivity index (χ3n) is 12.6. The second kappa shape index (κ2) is 25.4. The van der Waals surface area contributed by atoms with Crippen molar-refractivity contribution in [3.05, 3.63) is 190 Å². The number of aromatic nitrogens is 5. The second-order valence-electron chi connectivity index (χ2n) is 17.9. The minimum Gasteiger partial charge on any atom is -0.472 e. The summed E-state index contributed by atoms with van der Waals surface area (Å²) in [6, 6.07) is 38.6. The van der Waals surface area contributed by atoms with Crippen molar-refractivity contribution in [2.45, 2.75) is 78.7 Å². The first-order valence-corrected chi connectivity index (χ1v) is 24.2. The number of ether oxygens (including phenoxy) is 3. The Morgan fingerprint density at radius 3 is 2.08 bits per heavy atom. The molecule has 0 aliphatic heterocycles. The van der Waals surface area contributed by atoms with Gasteiger partial charge in [-0.3, -0.25) is 14.5 Å². The Hall–Kier alpha value is -7.30. The van der Waals surface area contributed by atoms with Gasteiger partial charge in [-0.05, 0) is 109 Å². The van der Waals surface area contributed by atoms with Crippen molar-refractivity contribution in [1.82, 2.24) is 24.5 Å². The SMILES string of the molecule is CC1(C)CC/C(=C\c2ccc(Cl)cc2)C1(O)Cn1cncn1.COC(=O)N(OC)c1ccccc1COc1ccn(-c2ccc(Cl)cc2)n1.COC(=O)[C@@H](C)N(C(=O)Cc1ccccc1)c1c(C)cccc1C. The van der Waals surface area contributed by atoms with Crippen LogP contribution in [0, 0.1) is 19.3 Å². The van der Waals surface area contributed by atoms with E-state index in [4.69, 9.17) is 42.3 Å². The number of nitrogens with zero attached hydrogens (tertiary/aromatic N) is 7. The van der Waals surface area contributed by atoms with Crippen molar-refractivity contribution in [3.63, 3.8) is 0 Å². The standard InChI is InChI=1S/C20H23NO3.C19H18ClN3O4.C17H20ClN3O/c1-14-9-8-10-15(2)19(14)21(16(3)20(23)24-4)18(22)13-17-11-6-5-7-12-17;1-25-19(24)23(26-2)17-6-4-3-5-14(17)13-27-18-11-12-22(21-18)16-9-7-15(20)8-10-16;1-16(2)8-7-14(9-13-3-5-15(18)6-4-13)17(16,22)10-21-12-19-11-20-21/h5-12,16H,13H2,1-4H3;3-12H,13H2,1-2H3;3-6,9,11-12,22H,7-8,10H2,1-2H3/b;;14-9+/t16-;;/m1../s1. The summed E-state index contributed by atoms with van der Waals surface area (Å²) in [5.74, 6) is -0.114. The minimum atomic E-state index is -0.930. The maximum absolute atomic E-state index is 13.0. The van der Waals surface area contributed by atoms with Gasteiger partial charge < -0.3 is 19.3 Å². The van der Waals surface area contributed by atoms with Crippen LogP contribution < -0.4 is 14.7 Å². The molecule has 7 aromatic rings. The zero-order valence-corrected chi connectivity index (χ0v) is 43.7. The van der Waals surface area contributed by atoms with Crippen LogP contribution in [0.3, 0.4) is 0 Å². The smallest absolute Gasteiger partial charge is 0.438 e. The van der Waals surface area contributed by atoms with E-state index in [2.05, 4.69) is 35.1 Å². The average Bonchev–Trinajstić information content (AvgIpc) is 4.14.